The van der Waals surface area contributed by atoms with Crippen LogP contribution in [-0.4, -0.2) is 71.6 Å². The van der Waals surface area contributed by atoms with Crippen LogP contribution in [0.3, 0.4) is 0 Å². The maximum atomic E-state index is 12.1. The molecule has 2 heterocycles. The first kappa shape index (κ1) is 19.1. The lowest BCUT2D eigenvalue weighted by atomic mass is 9.72. The molecule has 23 heavy (non-hydrogen) atoms. The Hall–Kier alpha value is -0.260. The highest BCUT2D eigenvalue weighted by molar-refractivity contribution is 7.99. The van der Waals surface area contributed by atoms with Crippen molar-refractivity contribution in [2.75, 3.05) is 45.6 Å². The Bertz CT molecular complexity index is 370. The summed E-state index contributed by atoms with van der Waals surface area (Å²) < 4.78 is 0. The smallest absolute Gasteiger partial charge is 0.222 e. The highest BCUT2D eigenvalue weighted by atomic mass is 32.2. The van der Waals surface area contributed by atoms with Crippen molar-refractivity contribution in [3.05, 3.63) is 0 Å². The van der Waals surface area contributed by atoms with Crippen LogP contribution >= 0.6 is 11.8 Å². The predicted octanol–water partition coefficient (Wildman–Crippen LogP) is 2.61. The minimum Gasteiger partial charge on any atom is -0.396 e. The molecule has 0 saturated carbocycles. The maximum absolute atomic E-state index is 12.1. The molecule has 0 aromatic heterocycles. The summed E-state index contributed by atoms with van der Waals surface area (Å²) in [7, 11) is 0. The van der Waals surface area contributed by atoms with Gasteiger partial charge in [-0.25, -0.2) is 0 Å². The number of hydrogen-bond donors (Lipinski definition) is 1. The number of carbonyl (C=O) groups is 1. The molecule has 2 saturated heterocycles. The van der Waals surface area contributed by atoms with Crippen molar-refractivity contribution in [1.29, 1.82) is 0 Å². The highest BCUT2D eigenvalue weighted by Gasteiger charge is 2.40. The third-order valence-corrected chi connectivity index (χ3v) is 6.80. The number of hydrogen-bond acceptors (Lipinski definition) is 4. The Morgan fingerprint density at radius 1 is 1.22 bits per heavy atom. The number of aliphatic hydroxyl groups excluding tert-OH is 1. The van der Waals surface area contributed by atoms with Crippen molar-refractivity contribution in [2.24, 2.45) is 5.41 Å². The second-order valence-electron chi connectivity index (χ2n) is 7.42. The molecular weight excluding hydrogens is 308 g/mol. The second-order valence-corrected chi connectivity index (χ2v) is 8.70. The van der Waals surface area contributed by atoms with Gasteiger partial charge in [0.15, 0.2) is 0 Å². The zero-order chi connectivity index (χ0) is 16.7. The lowest BCUT2D eigenvalue weighted by Gasteiger charge is -2.47. The zero-order valence-corrected chi connectivity index (χ0v) is 15.7. The number of rotatable bonds is 8. The molecule has 1 atom stereocenters. The van der Waals surface area contributed by atoms with Gasteiger partial charge in [-0.15, -0.1) is 0 Å². The average Bonchev–Trinajstić information content (AvgIpc) is 2.57. The molecule has 2 fully saturated rings. The fourth-order valence-corrected chi connectivity index (χ4v) is 4.20. The molecule has 0 aliphatic carbocycles. The van der Waals surface area contributed by atoms with Gasteiger partial charge in [0.1, 0.15) is 0 Å². The van der Waals surface area contributed by atoms with E-state index in [0.717, 1.165) is 44.0 Å². The van der Waals surface area contributed by atoms with Gasteiger partial charge in [-0.3, -0.25) is 4.79 Å². The Labute approximate surface area is 146 Å². The fourth-order valence-electron chi connectivity index (χ4n) is 3.86. The molecule has 5 heteroatoms. The molecular formula is C18H34N2O2S. The van der Waals surface area contributed by atoms with Gasteiger partial charge < -0.3 is 14.9 Å². The van der Waals surface area contributed by atoms with Gasteiger partial charge in [-0.1, -0.05) is 6.92 Å². The van der Waals surface area contributed by atoms with Crippen LogP contribution in [0.5, 0.6) is 0 Å². The molecule has 0 aromatic rings. The fraction of sp³-hybridized carbons (Fsp3) is 0.944. The second kappa shape index (κ2) is 9.28. The van der Waals surface area contributed by atoms with Gasteiger partial charge in [0.2, 0.25) is 5.91 Å². The van der Waals surface area contributed by atoms with Crippen molar-refractivity contribution < 1.29 is 9.90 Å². The lowest BCUT2D eigenvalue weighted by Crippen LogP contribution is -2.51. The predicted molar refractivity (Wildman–Crippen MR) is 97.8 cm³/mol. The molecule has 1 unspecified atom stereocenters. The van der Waals surface area contributed by atoms with E-state index in [2.05, 4.69) is 23.0 Å². The molecule has 0 radical (unpaired) electrons. The van der Waals surface area contributed by atoms with Crippen LogP contribution in [0, 0.1) is 5.41 Å². The molecule has 1 amide bonds. The molecule has 1 spiro atoms. The zero-order valence-electron chi connectivity index (χ0n) is 14.9. The first-order chi connectivity index (χ1) is 11.1. The van der Waals surface area contributed by atoms with Gasteiger partial charge in [-0.05, 0) is 69.8 Å². The molecule has 4 nitrogen and oxygen atoms in total. The monoisotopic (exact) mass is 342 g/mol. The van der Waals surface area contributed by atoms with Crippen LogP contribution in [-0.2, 0) is 4.79 Å². The first-order valence-corrected chi connectivity index (χ1v) is 10.5. The van der Waals surface area contributed by atoms with Gasteiger partial charge >= 0.3 is 0 Å². The Balaban J connectivity index is 1.78. The topological polar surface area (TPSA) is 43.8 Å². The van der Waals surface area contributed by atoms with E-state index in [-0.39, 0.29) is 6.61 Å². The van der Waals surface area contributed by atoms with Crippen molar-refractivity contribution in [3.8, 4) is 0 Å². The van der Waals surface area contributed by atoms with Crippen LogP contribution in [0.25, 0.3) is 0 Å². The maximum Gasteiger partial charge on any atom is 0.222 e. The summed E-state index contributed by atoms with van der Waals surface area (Å²) in [5.74, 6) is 0.324. The van der Waals surface area contributed by atoms with Gasteiger partial charge in [-0.2, -0.15) is 11.8 Å². The van der Waals surface area contributed by atoms with E-state index in [1.54, 1.807) is 0 Å². The van der Waals surface area contributed by atoms with Crippen molar-refractivity contribution in [1.82, 2.24) is 9.80 Å². The summed E-state index contributed by atoms with van der Waals surface area (Å²) in [5, 5.41) is 9.68. The number of thioether (sulfide) groups is 1. The standard InChI is InChI=1S/C18H34N2O2S/c1-16(23-2)6-11-19-12-8-18(9-13-19)7-5-17(22)20(15-18)10-3-4-14-21/h16,21H,3-15H2,1-2H3. The minimum atomic E-state index is 0.233. The third kappa shape index (κ3) is 5.64. The summed E-state index contributed by atoms with van der Waals surface area (Å²) in [6, 6.07) is 0. The molecule has 2 aliphatic heterocycles. The number of aliphatic hydroxyl groups is 1. The lowest BCUT2D eigenvalue weighted by molar-refractivity contribution is -0.139. The SMILES string of the molecule is CSC(C)CCN1CCC2(CCC(=O)N(CCCCO)C2)CC1. The van der Waals surface area contributed by atoms with Crippen LogP contribution in [0.4, 0.5) is 0 Å². The van der Waals surface area contributed by atoms with Crippen molar-refractivity contribution >= 4 is 17.7 Å². The molecule has 2 rings (SSSR count). The Kier molecular flexibility index (Phi) is 7.70. The van der Waals surface area contributed by atoms with E-state index >= 15 is 0 Å². The Morgan fingerprint density at radius 2 is 1.96 bits per heavy atom. The number of unbranched alkanes of at least 4 members (excludes halogenated alkanes) is 1. The number of carbonyl (C=O) groups excluding carboxylic acids is 1. The average molecular weight is 343 g/mol. The minimum absolute atomic E-state index is 0.233. The number of piperidine rings is 2. The van der Waals surface area contributed by atoms with E-state index in [4.69, 9.17) is 5.11 Å². The largest absolute Gasteiger partial charge is 0.396 e. The van der Waals surface area contributed by atoms with Crippen molar-refractivity contribution in [3.63, 3.8) is 0 Å². The molecule has 0 bridgehead atoms. The first-order valence-electron chi connectivity index (χ1n) is 9.22. The van der Waals surface area contributed by atoms with Gasteiger partial charge in [0.25, 0.3) is 0 Å². The Morgan fingerprint density at radius 3 is 2.61 bits per heavy atom. The van der Waals surface area contributed by atoms with Gasteiger partial charge in [0, 0.05) is 31.4 Å². The number of nitrogens with zero attached hydrogens (tertiary/aromatic N) is 2. The van der Waals surface area contributed by atoms with E-state index in [0.29, 0.717) is 11.3 Å². The van der Waals surface area contributed by atoms with Gasteiger partial charge in [0.05, 0.1) is 0 Å². The van der Waals surface area contributed by atoms with E-state index in [9.17, 15) is 4.79 Å². The highest BCUT2D eigenvalue weighted by Crippen LogP contribution is 2.40. The van der Waals surface area contributed by atoms with E-state index < -0.39 is 0 Å². The summed E-state index contributed by atoms with van der Waals surface area (Å²) in [4.78, 5) is 16.8. The third-order valence-electron chi connectivity index (χ3n) is 5.76. The molecule has 0 aromatic carbocycles. The summed E-state index contributed by atoms with van der Waals surface area (Å²) in [6.45, 7) is 7.93. The van der Waals surface area contributed by atoms with Crippen LogP contribution in [0.2, 0.25) is 0 Å². The number of likely N-dealkylation sites (tertiary alicyclic amines) is 2. The van der Waals surface area contributed by atoms with Crippen LogP contribution in [0.15, 0.2) is 0 Å². The van der Waals surface area contributed by atoms with E-state index in [1.807, 2.05) is 11.8 Å². The summed E-state index contributed by atoms with van der Waals surface area (Å²) in [6.07, 6.45) is 9.49. The molecule has 134 valence electrons. The normalized spacial score (nSPS) is 23.4. The van der Waals surface area contributed by atoms with Crippen LogP contribution < -0.4 is 0 Å². The number of amides is 1. The summed E-state index contributed by atoms with van der Waals surface area (Å²) in [5.41, 5.74) is 0.370. The van der Waals surface area contributed by atoms with Crippen LogP contribution in [0.1, 0.15) is 51.9 Å². The van der Waals surface area contributed by atoms with E-state index in [1.165, 1.54) is 38.9 Å². The summed E-state index contributed by atoms with van der Waals surface area (Å²) >= 11 is 1.96. The molecule has 2 aliphatic rings. The quantitative estimate of drug-likeness (QED) is 0.689. The molecule has 1 N–H and O–H groups in total. The van der Waals surface area contributed by atoms with Crippen molar-refractivity contribution in [2.45, 2.75) is 57.1 Å².